The molecule has 36 heavy (non-hydrogen) atoms. The summed E-state index contributed by atoms with van der Waals surface area (Å²) in [4.78, 5) is 20.1. The topological polar surface area (TPSA) is 92.5 Å². The Kier molecular flexibility index (Phi) is 6.34. The highest BCUT2D eigenvalue weighted by Gasteiger charge is 2.23. The molecule has 0 spiro atoms. The van der Waals surface area contributed by atoms with E-state index in [1.54, 1.807) is 65.8 Å². The second kappa shape index (κ2) is 9.60. The number of furan rings is 1. The molecule has 5 aromatic rings. The molecule has 0 aliphatic rings. The van der Waals surface area contributed by atoms with E-state index in [0.29, 0.717) is 22.1 Å². The fraction of sp³-hybridized carbons (Fsp3) is 0.111. The number of carbonyl (C=O) groups is 1. The van der Waals surface area contributed by atoms with Crippen molar-refractivity contribution >= 4 is 48.3 Å². The predicted octanol–water partition coefficient (Wildman–Crippen LogP) is 6.15. The second-order valence-electron chi connectivity index (χ2n) is 8.38. The summed E-state index contributed by atoms with van der Waals surface area (Å²) >= 11 is 1.43. The molecule has 0 unspecified atom stereocenters. The van der Waals surface area contributed by atoms with Gasteiger partial charge in [-0.3, -0.25) is 14.4 Å². The average molecular weight is 518 g/mol. The van der Waals surface area contributed by atoms with Crippen LogP contribution in [-0.2, 0) is 16.6 Å². The standard InChI is InChI=1S/C27H23N3O4S2/c1-18-8-14-23(15-9-18)36(32,33)29-21-12-10-20(11-13-21)26(31)30(17-22-6-4-16-34-22)27-28-25-19(2)5-3-7-24(25)35-27/h3-16,29H,17H2,1-2H3. The maximum atomic E-state index is 13.6. The third kappa shape index (κ3) is 4.89. The van der Waals surface area contributed by atoms with Gasteiger partial charge in [0.25, 0.3) is 15.9 Å². The number of thiazole rings is 1. The van der Waals surface area contributed by atoms with Gasteiger partial charge in [-0.15, -0.1) is 0 Å². The number of rotatable bonds is 7. The first-order valence-corrected chi connectivity index (χ1v) is 13.5. The van der Waals surface area contributed by atoms with Crippen molar-refractivity contribution in [2.45, 2.75) is 25.3 Å². The van der Waals surface area contributed by atoms with E-state index in [-0.39, 0.29) is 17.3 Å². The quantitative estimate of drug-likeness (QED) is 0.279. The van der Waals surface area contributed by atoms with Crippen LogP contribution >= 0.6 is 11.3 Å². The van der Waals surface area contributed by atoms with Crippen LogP contribution in [0.2, 0.25) is 0 Å². The summed E-state index contributed by atoms with van der Waals surface area (Å²) in [5.41, 5.74) is 3.62. The van der Waals surface area contributed by atoms with Gasteiger partial charge in [0, 0.05) is 11.3 Å². The highest BCUT2D eigenvalue weighted by molar-refractivity contribution is 7.92. The van der Waals surface area contributed by atoms with Gasteiger partial charge in [0.15, 0.2) is 5.13 Å². The highest BCUT2D eigenvalue weighted by atomic mass is 32.2. The summed E-state index contributed by atoms with van der Waals surface area (Å²) in [6.45, 7) is 4.09. The van der Waals surface area contributed by atoms with Gasteiger partial charge in [-0.25, -0.2) is 13.4 Å². The first kappa shape index (κ1) is 23.8. The molecule has 0 bridgehead atoms. The molecule has 7 nitrogen and oxygen atoms in total. The molecule has 2 aromatic heterocycles. The molecule has 0 saturated heterocycles. The fourth-order valence-corrected chi connectivity index (χ4v) is 5.84. The van der Waals surface area contributed by atoms with Gasteiger partial charge in [0.2, 0.25) is 0 Å². The number of sulfonamides is 1. The van der Waals surface area contributed by atoms with Crippen LogP contribution in [0.25, 0.3) is 10.2 Å². The van der Waals surface area contributed by atoms with Crippen molar-refractivity contribution in [2.24, 2.45) is 0 Å². The number of aryl methyl sites for hydroxylation is 2. The minimum atomic E-state index is -3.74. The molecule has 0 saturated carbocycles. The van der Waals surface area contributed by atoms with Crippen molar-refractivity contribution < 1.29 is 17.6 Å². The zero-order valence-corrected chi connectivity index (χ0v) is 21.3. The van der Waals surface area contributed by atoms with Gasteiger partial charge in [0.05, 0.1) is 27.9 Å². The Labute approximate surface area is 213 Å². The number of carbonyl (C=O) groups excluding carboxylic acids is 1. The number of hydrogen-bond donors (Lipinski definition) is 1. The van der Waals surface area contributed by atoms with Crippen molar-refractivity contribution in [3.05, 3.63) is 108 Å². The average Bonchev–Trinajstić information content (AvgIpc) is 3.53. The first-order chi connectivity index (χ1) is 17.3. The van der Waals surface area contributed by atoms with Crippen molar-refractivity contribution in [3.8, 4) is 0 Å². The summed E-state index contributed by atoms with van der Waals surface area (Å²) in [7, 11) is -3.74. The molecule has 2 heterocycles. The van der Waals surface area contributed by atoms with Crippen LogP contribution in [0.1, 0.15) is 27.2 Å². The number of aromatic nitrogens is 1. The Morgan fingerprint density at radius 2 is 1.72 bits per heavy atom. The third-order valence-electron chi connectivity index (χ3n) is 5.69. The van der Waals surface area contributed by atoms with Gasteiger partial charge in [0.1, 0.15) is 5.76 Å². The third-order valence-corrected chi connectivity index (χ3v) is 8.14. The minimum absolute atomic E-state index is 0.170. The fourth-order valence-electron chi connectivity index (χ4n) is 3.74. The Morgan fingerprint density at radius 3 is 2.39 bits per heavy atom. The van der Waals surface area contributed by atoms with Crippen molar-refractivity contribution in [1.29, 1.82) is 0 Å². The summed E-state index contributed by atoms with van der Waals surface area (Å²) < 4.78 is 34.5. The number of nitrogens with one attached hydrogen (secondary N) is 1. The largest absolute Gasteiger partial charge is 0.467 e. The molecule has 3 aromatic carbocycles. The molecule has 182 valence electrons. The van der Waals surface area contributed by atoms with Crippen LogP contribution in [-0.4, -0.2) is 19.3 Å². The number of para-hydroxylation sites is 1. The molecule has 1 amide bonds. The number of anilines is 2. The molecule has 5 rings (SSSR count). The number of nitrogens with zero attached hydrogens (tertiary/aromatic N) is 2. The summed E-state index contributed by atoms with van der Waals surface area (Å²) in [5, 5.41) is 0.560. The Bertz CT molecular complexity index is 1620. The van der Waals surface area contributed by atoms with Crippen LogP contribution in [0.5, 0.6) is 0 Å². The van der Waals surface area contributed by atoms with E-state index in [4.69, 9.17) is 9.40 Å². The predicted molar refractivity (Wildman–Crippen MR) is 142 cm³/mol. The lowest BCUT2D eigenvalue weighted by atomic mass is 10.2. The summed E-state index contributed by atoms with van der Waals surface area (Å²) in [6, 6.07) is 22.5. The van der Waals surface area contributed by atoms with Crippen LogP contribution in [0.15, 0.2) is 94.4 Å². The van der Waals surface area contributed by atoms with Crippen molar-refractivity contribution in [1.82, 2.24) is 4.98 Å². The van der Waals surface area contributed by atoms with Gasteiger partial charge in [-0.1, -0.05) is 41.2 Å². The Morgan fingerprint density at radius 1 is 0.972 bits per heavy atom. The smallest absolute Gasteiger partial charge is 0.261 e. The highest BCUT2D eigenvalue weighted by Crippen LogP contribution is 2.32. The van der Waals surface area contributed by atoms with Crippen molar-refractivity contribution in [2.75, 3.05) is 9.62 Å². The van der Waals surface area contributed by atoms with Gasteiger partial charge in [-0.2, -0.15) is 0 Å². The van der Waals surface area contributed by atoms with Crippen LogP contribution in [0, 0.1) is 13.8 Å². The van der Waals surface area contributed by atoms with Gasteiger partial charge < -0.3 is 4.42 Å². The lowest BCUT2D eigenvalue weighted by molar-refractivity contribution is 0.0983. The Balaban J connectivity index is 1.42. The van der Waals surface area contributed by atoms with Gasteiger partial charge in [-0.05, 0) is 74.0 Å². The lowest BCUT2D eigenvalue weighted by Gasteiger charge is -2.19. The van der Waals surface area contributed by atoms with Crippen molar-refractivity contribution in [3.63, 3.8) is 0 Å². The molecule has 0 aliphatic carbocycles. The van der Waals surface area contributed by atoms with E-state index < -0.39 is 10.0 Å². The summed E-state index contributed by atoms with van der Waals surface area (Å²) in [5.74, 6) is 0.359. The molecule has 9 heteroatoms. The molecule has 0 aliphatic heterocycles. The zero-order chi connectivity index (χ0) is 25.3. The SMILES string of the molecule is Cc1ccc(S(=O)(=O)Nc2ccc(C(=O)N(Cc3ccco3)c3nc4c(C)cccc4s3)cc2)cc1. The monoisotopic (exact) mass is 517 g/mol. The van der Waals surface area contributed by atoms with Crippen LogP contribution in [0.3, 0.4) is 0 Å². The van der Waals surface area contributed by atoms with E-state index in [1.165, 1.54) is 11.3 Å². The molecular weight excluding hydrogens is 494 g/mol. The lowest BCUT2D eigenvalue weighted by Crippen LogP contribution is -2.30. The van der Waals surface area contributed by atoms with E-state index in [1.807, 2.05) is 38.1 Å². The number of fused-ring (bicyclic) bond motifs is 1. The van der Waals surface area contributed by atoms with E-state index in [2.05, 4.69) is 4.72 Å². The second-order valence-corrected chi connectivity index (χ2v) is 11.1. The molecule has 1 N–H and O–H groups in total. The summed E-state index contributed by atoms with van der Waals surface area (Å²) in [6.07, 6.45) is 1.56. The van der Waals surface area contributed by atoms with Crippen LogP contribution < -0.4 is 9.62 Å². The normalized spacial score (nSPS) is 11.5. The maximum absolute atomic E-state index is 13.6. The minimum Gasteiger partial charge on any atom is -0.467 e. The molecular formula is C27H23N3O4S2. The number of benzene rings is 3. The first-order valence-electron chi connectivity index (χ1n) is 11.2. The number of hydrogen-bond acceptors (Lipinski definition) is 6. The maximum Gasteiger partial charge on any atom is 0.261 e. The molecule has 0 fully saturated rings. The van der Waals surface area contributed by atoms with E-state index in [0.717, 1.165) is 21.3 Å². The number of amides is 1. The van der Waals surface area contributed by atoms with E-state index >= 15 is 0 Å². The molecule has 0 atom stereocenters. The van der Waals surface area contributed by atoms with Gasteiger partial charge >= 0.3 is 0 Å². The van der Waals surface area contributed by atoms with E-state index in [9.17, 15) is 13.2 Å². The molecule has 0 radical (unpaired) electrons. The zero-order valence-electron chi connectivity index (χ0n) is 19.6. The van der Waals surface area contributed by atoms with Crippen LogP contribution in [0.4, 0.5) is 10.8 Å². The Hall–Kier alpha value is -3.95.